The summed E-state index contributed by atoms with van der Waals surface area (Å²) in [6.07, 6.45) is 6.31. The lowest BCUT2D eigenvalue weighted by atomic mass is 9.78. The Morgan fingerprint density at radius 1 is 1.05 bits per heavy atom. The van der Waals surface area contributed by atoms with Crippen LogP contribution < -0.4 is 4.74 Å². The highest BCUT2D eigenvalue weighted by Gasteiger charge is 2.36. The average Bonchev–Trinajstić information content (AvgIpc) is 3.47. The van der Waals surface area contributed by atoms with Crippen LogP contribution >= 0.6 is 11.6 Å². The number of aryl methyl sites for hydroxylation is 2. The van der Waals surface area contributed by atoms with Crippen molar-refractivity contribution >= 4 is 29.4 Å². The molecule has 1 aliphatic heterocycles. The monoisotopic (exact) mass is 552 g/mol. The highest BCUT2D eigenvalue weighted by Crippen LogP contribution is 2.40. The largest absolute Gasteiger partial charge is 0.491 e. The third-order valence-corrected chi connectivity index (χ3v) is 8.87. The lowest BCUT2D eigenvalue weighted by molar-refractivity contribution is -0.145. The van der Waals surface area contributed by atoms with Gasteiger partial charge < -0.3 is 9.84 Å². The molecule has 2 aliphatic carbocycles. The van der Waals surface area contributed by atoms with E-state index in [1.807, 2.05) is 19.1 Å². The second-order valence-corrected chi connectivity index (χ2v) is 11.6. The molecule has 5 rings (SSSR count). The second-order valence-electron chi connectivity index (χ2n) is 11.2. The normalized spacial score (nSPS) is 22.9. The number of rotatable bonds is 10. The molecule has 3 aliphatic rings. The van der Waals surface area contributed by atoms with Gasteiger partial charge in [0, 0.05) is 37.0 Å². The predicted octanol–water partition coefficient (Wildman–Crippen LogP) is 5.56. The predicted molar refractivity (Wildman–Crippen MR) is 149 cm³/mol. The van der Waals surface area contributed by atoms with Crippen molar-refractivity contribution in [2.45, 2.75) is 70.9 Å². The Labute approximate surface area is 235 Å². The van der Waals surface area contributed by atoms with Gasteiger partial charge in [0.05, 0.1) is 12.5 Å². The van der Waals surface area contributed by atoms with Crippen LogP contribution in [0.4, 0.5) is 0 Å². The third-order valence-electron chi connectivity index (χ3n) is 8.64. The summed E-state index contributed by atoms with van der Waals surface area (Å²) in [6, 6.07) is 12.5. The molecule has 2 amide bonds. The quantitative estimate of drug-likeness (QED) is 0.388. The lowest BCUT2D eigenvalue weighted by Crippen LogP contribution is -2.38. The number of carboxylic acids is 1. The van der Waals surface area contributed by atoms with Crippen molar-refractivity contribution in [1.29, 1.82) is 0 Å². The summed E-state index contributed by atoms with van der Waals surface area (Å²) >= 11 is 6.28. The Kier molecular flexibility index (Phi) is 8.57. The number of imide groups is 1. The van der Waals surface area contributed by atoms with Crippen molar-refractivity contribution in [3.05, 3.63) is 63.7 Å². The van der Waals surface area contributed by atoms with Crippen molar-refractivity contribution in [3.8, 4) is 5.75 Å². The first-order valence-corrected chi connectivity index (χ1v) is 14.5. The van der Waals surface area contributed by atoms with Crippen molar-refractivity contribution in [2.24, 2.45) is 11.8 Å². The van der Waals surface area contributed by atoms with Crippen molar-refractivity contribution < 1.29 is 24.2 Å². The Morgan fingerprint density at radius 3 is 2.56 bits per heavy atom. The minimum absolute atomic E-state index is 0.130. The standard InChI is InChI=1S/C31H37ClN2O5/c1-20-16-21(6-11-28(20)39-15-14-34-29(35)12-13-30(34)36)18-33(19-23-4-2-3-5-26(23)31(37)38)27-10-7-22-17-24(32)8-9-25(22)27/h6,8-9,11,16-17,23,26-27H,2-5,7,10,12-15,18-19H2,1H3,(H,37,38)/t23?,26?,27-/m0/s1. The number of carboxylic acid groups (broad SMARTS) is 1. The summed E-state index contributed by atoms with van der Waals surface area (Å²) in [5.74, 6) is -0.354. The van der Waals surface area contributed by atoms with Crippen molar-refractivity contribution in [3.63, 3.8) is 0 Å². The van der Waals surface area contributed by atoms with E-state index in [1.54, 1.807) is 0 Å². The number of fused-ring (bicyclic) bond motifs is 1. The molecule has 39 heavy (non-hydrogen) atoms. The van der Waals surface area contributed by atoms with Gasteiger partial charge in [-0.05, 0) is 79.0 Å². The Balaban J connectivity index is 1.31. The highest BCUT2D eigenvalue weighted by atomic mass is 35.5. The molecule has 208 valence electrons. The second kappa shape index (κ2) is 12.1. The van der Waals surface area contributed by atoms with E-state index in [0.29, 0.717) is 6.54 Å². The molecule has 0 aromatic heterocycles. The lowest BCUT2D eigenvalue weighted by Gasteiger charge is -2.37. The fourth-order valence-corrected chi connectivity index (χ4v) is 6.82. The van der Waals surface area contributed by atoms with E-state index in [-0.39, 0.29) is 55.7 Å². The summed E-state index contributed by atoms with van der Waals surface area (Å²) in [7, 11) is 0. The molecular formula is C31H37ClN2O5. The first-order chi connectivity index (χ1) is 18.8. The van der Waals surface area contributed by atoms with E-state index in [9.17, 15) is 19.5 Å². The number of ether oxygens (including phenoxy) is 1. The van der Waals surface area contributed by atoms with Crippen LogP contribution in [-0.2, 0) is 27.3 Å². The van der Waals surface area contributed by atoms with Gasteiger partial charge in [-0.1, -0.05) is 42.6 Å². The minimum atomic E-state index is -0.673. The number of aliphatic carboxylic acids is 1. The molecule has 1 saturated carbocycles. The average molecular weight is 553 g/mol. The van der Waals surface area contributed by atoms with Gasteiger partial charge in [0.25, 0.3) is 0 Å². The highest BCUT2D eigenvalue weighted by molar-refractivity contribution is 6.30. The van der Waals surface area contributed by atoms with Gasteiger partial charge in [-0.25, -0.2) is 0 Å². The maximum atomic E-state index is 12.1. The number of carbonyl (C=O) groups excluding carboxylic acids is 2. The summed E-state index contributed by atoms with van der Waals surface area (Å²) in [5, 5.41) is 10.7. The van der Waals surface area contributed by atoms with Crippen LogP contribution in [-0.4, -0.2) is 52.4 Å². The van der Waals surface area contributed by atoms with Crippen molar-refractivity contribution in [1.82, 2.24) is 9.80 Å². The van der Waals surface area contributed by atoms with Gasteiger partial charge in [-0.15, -0.1) is 0 Å². The number of nitrogens with zero attached hydrogens (tertiary/aromatic N) is 2. The number of halogens is 1. The molecule has 0 spiro atoms. The van der Waals surface area contributed by atoms with Crippen LogP contribution in [0.25, 0.3) is 0 Å². The molecule has 2 aromatic rings. The summed E-state index contributed by atoms with van der Waals surface area (Å²) in [4.78, 5) is 39.5. The maximum absolute atomic E-state index is 12.1. The summed E-state index contributed by atoms with van der Waals surface area (Å²) in [5.41, 5.74) is 4.72. The number of carbonyl (C=O) groups is 3. The number of amides is 2. The van der Waals surface area contributed by atoms with Crippen LogP contribution in [0.3, 0.4) is 0 Å². The smallest absolute Gasteiger partial charge is 0.306 e. The molecule has 2 unspecified atom stereocenters. The van der Waals surface area contributed by atoms with Crippen LogP contribution in [0.1, 0.15) is 73.2 Å². The molecule has 1 N–H and O–H groups in total. The number of benzene rings is 2. The summed E-state index contributed by atoms with van der Waals surface area (Å²) < 4.78 is 5.94. The molecule has 0 bridgehead atoms. The molecule has 1 saturated heterocycles. The molecule has 0 radical (unpaired) electrons. The molecule has 2 aromatic carbocycles. The zero-order valence-electron chi connectivity index (χ0n) is 22.5. The topological polar surface area (TPSA) is 87.2 Å². The molecule has 1 heterocycles. The van der Waals surface area contributed by atoms with Crippen LogP contribution in [0.5, 0.6) is 5.75 Å². The van der Waals surface area contributed by atoms with Gasteiger partial charge >= 0.3 is 5.97 Å². The first-order valence-electron chi connectivity index (χ1n) is 14.1. The fourth-order valence-electron chi connectivity index (χ4n) is 6.62. The Hall–Kier alpha value is -2.90. The zero-order valence-corrected chi connectivity index (χ0v) is 23.3. The van der Waals surface area contributed by atoms with Crippen LogP contribution in [0, 0.1) is 18.8 Å². The Bertz CT molecular complexity index is 1230. The van der Waals surface area contributed by atoms with E-state index in [4.69, 9.17) is 16.3 Å². The Morgan fingerprint density at radius 2 is 1.82 bits per heavy atom. The number of hydrogen-bond acceptors (Lipinski definition) is 5. The SMILES string of the molecule is Cc1cc(CN(CC2CCCCC2C(=O)O)[C@H]2CCc3cc(Cl)ccc32)ccc1OCCN1C(=O)CCC1=O. The maximum Gasteiger partial charge on any atom is 0.306 e. The van der Waals surface area contributed by atoms with E-state index in [0.717, 1.165) is 67.0 Å². The fraction of sp³-hybridized carbons (Fsp3) is 0.516. The molecule has 8 heteroatoms. The number of hydrogen-bond donors (Lipinski definition) is 1. The van der Waals surface area contributed by atoms with E-state index < -0.39 is 5.97 Å². The first kappa shape index (κ1) is 27.7. The molecular weight excluding hydrogens is 516 g/mol. The van der Waals surface area contributed by atoms with E-state index in [1.165, 1.54) is 16.0 Å². The zero-order chi connectivity index (χ0) is 27.5. The van der Waals surface area contributed by atoms with E-state index in [2.05, 4.69) is 29.2 Å². The molecule has 7 nitrogen and oxygen atoms in total. The molecule has 3 atom stereocenters. The van der Waals surface area contributed by atoms with Gasteiger partial charge in [-0.3, -0.25) is 24.2 Å². The van der Waals surface area contributed by atoms with Gasteiger partial charge in [0.2, 0.25) is 11.8 Å². The van der Waals surface area contributed by atoms with Gasteiger partial charge in [-0.2, -0.15) is 0 Å². The molecule has 2 fully saturated rings. The third kappa shape index (κ3) is 6.30. The van der Waals surface area contributed by atoms with Crippen molar-refractivity contribution in [2.75, 3.05) is 19.7 Å². The van der Waals surface area contributed by atoms with Crippen LogP contribution in [0.2, 0.25) is 5.02 Å². The van der Waals surface area contributed by atoms with Crippen LogP contribution in [0.15, 0.2) is 36.4 Å². The minimum Gasteiger partial charge on any atom is -0.491 e. The van der Waals surface area contributed by atoms with Gasteiger partial charge in [0.1, 0.15) is 12.4 Å². The summed E-state index contributed by atoms with van der Waals surface area (Å²) in [6.45, 7) is 4.00. The van der Waals surface area contributed by atoms with Gasteiger partial charge in [0.15, 0.2) is 0 Å². The number of likely N-dealkylation sites (tertiary alicyclic amines) is 1. The van der Waals surface area contributed by atoms with E-state index >= 15 is 0 Å².